The van der Waals surface area contributed by atoms with Crippen LogP contribution in [0.4, 0.5) is 0 Å². The first-order valence-electron chi connectivity index (χ1n) is 8.06. The first kappa shape index (κ1) is 24.6. The molecule has 1 heterocycles. The molecule has 0 aliphatic carbocycles. The van der Waals surface area contributed by atoms with Crippen LogP contribution in [0.15, 0.2) is 12.1 Å². The molecule has 150 valence electrons. The number of hydrogen-bond donors (Lipinski definition) is 1. The maximum Gasteiger partial charge on any atom is 0.239 e. The van der Waals surface area contributed by atoms with Crippen molar-refractivity contribution in [1.82, 2.24) is 9.80 Å². The minimum Gasteiger partial charge on any atom is -0.493 e. The zero-order valence-electron chi connectivity index (χ0n) is 15.7. The van der Waals surface area contributed by atoms with E-state index in [1.807, 2.05) is 17.0 Å². The van der Waals surface area contributed by atoms with Crippen molar-refractivity contribution in [2.45, 2.75) is 19.5 Å². The Kier molecular flexibility index (Phi) is 10.7. The number of hydrogen-bond acceptors (Lipinski definition) is 6. The second-order valence-electron chi connectivity index (χ2n) is 5.88. The van der Waals surface area contributed by atoms with Gasteiger partial charge < -0.3 is 24.8 Å². The lowest BCUT2D eigenvalue weighted by Gasteiger charge is -2.35. The number of carbonyl (C=O) groups is 1. The van der Waals surface area contributed by atoms with Crippen molar-refractivity contribution in [3.8, 4) is 17.2 Å². The van der Waals surface area contributed by atoms with Gasteiger partial charge in [0.15, 0.2) is 11.5 Å². The lowest BCUT2D eigenvalue weighted by molar-refractivity contribution is -0.134. The molecular formula is C17H29Cl2N3O4. The highest BCUT2D eigenvalue weighted by atomic mass is 35.5. The molecule has 7 nitrogen and oxygen atoms in total. The minimum atomic E-state index is -0.442. The summed E-state index contributed by atoms with van der Waals surface area (Å²) in [5.74, 6) is 1.94. The zero-order chi connectivity index (χ0) is 17.7. The van der Waals surface area contributed by atoms with Crippen LogP contribution in [-0.2, 0) is 11.3 Å². The van der Waals surface area contributed by atoms with Crippen molar-refractivity contribution in [2.75, 3.05) is 47.5 Å². The van der Waals surface area contributed by atoms with E-state index < -0.39 is 6.04 Å². The first-order chi connectivity index (χ1) is 11.5. The number of piperazine rings is 1. The molecule has 1 aromatic rings. The molecule has 1 aromatic carbocycles. The van der Waals surface area contributed by atoms with Gasteiger partial charge in [-0.25, -0.2) is 0 Å². The van der Waals surface area contributed by atoms with Crippen molar-refractivity contribution in [1.29, 1.82) is 0 Å². The second-order valence-corrected chi connectivity index (χ2v) is 5.88. The number of carbonyl (C=O) groups excluding carboxylic acids is 1. The fourth-order valence-corrected chi connectivity index (χ4v) is 2.94. The van der Waals surface area contributed by atoms with Crippen molar-refractivity contribution < 1.29 is 19.0 Å². The molecule has 1 aliphatic rings. The van der Waals surface area contributed by atoms with Crippen molar-refractivity contribution in [3.63, 3.8) is 0 Å². The summed E-state index contributed by atoms with van der Waals surface area (Å²) in [6.45, 7) is 5.44. The van der Waals surface area contributed by atoms with Crippen LogP contribution in [0.3, 0.4) is 0 Å². The molecule has 0 spiro atoms. The normalized spacial score (nSPS) is 15.3. The van der Waals surface area contributed by atoms with Gasteiger partial charge in [-0.15, -0.1) is 24.8 Å². The Morgan fingerprint density at radius 3 is 2.08 bits per heavy atom. The number of ether oxygens (including phenoxy) is 3. The summed E-state index contributed by atoms with van der Waals surface area (Å²) < 4.78 is 16.3. The van der Waals surface area contributed by atoms with E-state index in [2.05, 4.69) is 4.90 Å². The van der Waals surface area contributed by atoms with Crippen molar-refractivity contribution in [3.05, 3.63) is 17.7 Å². The third kappa shape index (κ3) is 5.54. The minimum absolute atomic E-state index is 0. The number of methoxy groups -OCH3 is 3. The van der Waals surface area contributed by atoms with Crippen LogP contribution < -0.4 is 19.9 Å². The van der Waals surface area contributed by atoms with Gasteiger partial charge >= 0.3 is 0 Å². The van der Waals surface area contributed by atoms with Crippen LogP contribution in [-0.4, -0.2) is 69.3 Å². The largest absolute Gasteiger partial charge is 0.493 e. The number of benzene rings is 1. The van der Waals surface area contributed by atoms with Crippen LogP contribution in [0.25, 0.3) is 0 Å². The molecule has 0 aromatic heterocycles. The SMILES string of the molecule is COc1ccc(CN2CCN(C(=O)[C@H](C)N)CC2)c(OC)c1OC.Cl.Cl. The fraction of sp³-hybridized carbons (Fsp3) is 0.588. The van der Waals surface area contributed by atoms with Gasteiger partial charge in [0.1, 0.15) is 0 Å². The summed E-state index contributed by atoms with van der Waals surface area (Å²) in [5.41, 5.74) is 6.70. The van der Waals surface area contributed by atoms with Crippen molar-refractivity contribution in [2.24, 2.45) is 5.73 Å². The Morgan fingerprint density at radius 1 is 1.04 bits per heavy atom. The smallest absolute Gasteiger partial charge is 0.239 e. The molecular weight excluding hydrogens is 381 g/mol. The molecule has 2 N–H and O–H groups in total. The van der Waals surface area contributed by atoms with E-state index in [0.29, 0.717) is 30.3 Å². The monoisotopic (exact) mass is 409 g/mol. The lowest BCUT2D eigenvalue weighted by Crippen LogP contribution is -2.52. The van der Waals surface area contributed by atoms with Gasteiger partial charge in [0.05, 0.1) is 27.4 Å². The third-order valence-corrected chi connectivity index (χ3v) is 4.25. The molecule has 26 heavy (non-hydrogen) atoms. The van der Waals surface area contributed by atoms with E-state index in [0.717, 1.165) is 25.2 Å². The van der Waals surface area contributed by atoms with E-state index in [4.69, 9.17) is 19.9 Å². The standard InChI is InChI=1S/C17H27N3O4.2ClH/c1-12(18)17(21)20-9-7-19(8-10-20)11-13-5-6-14(22-2)16(24-4)15(13)23-3;;/h5-6,12H,7-11,18H2,1-4H3;2*1H/t12-;;/m0../s1. The molecule has 0 radical (unpaired) electrons. The number of amides is 1. The molecule has 1 saturated heterocycles. The summed E-state index contributed by atoms with van der Waals surface area (Å²) in [6, 6.07) is 3.43. The van der Waals surface area contributed by atoms with Crippen LogP contribution >= 0.6 is 24.8 Å². The van der Waals surface area contributed by atoms with Crippen LogP contribution in [0.2, 0.25) is 0 Å². The summed E-state index contributed by atoms with van der Waals surface area (Å²) in [4.78, 5) is 16.1. The number of nitrogens with two attached hydrogens (primary N) is 1. The molecule has 1 fully saturated rings. The maximum atomic E-state index is 11.9. The highest BCUT2D eigenvalue weighted by Crippen LogP contribution is 2.40. The molecule has 1 aliphatic heterocycles. The van der Waals surface area contributed by atoms with Gasteiger partial charge in [-0.05, 0) is 13.0 Å². The maximum absolute atomic E-state index is 11.9. The van der Waals surface area contributed by atoms with Crippen LogP contribution in [0.5, 0.6) is 17.2 Å². The van der Waals surface area contributed by atoms with Gasteiger partial charge in [0.2, 0.25) is 11.7 Å². The molecule has 0 bridgehead atoms. The van der Waals surface area contributed by atoms with Gasteiger partial charge in [0.25, 0.3) is 0 Å². The van der Waals surface area contributed by atoms with Gasteiger partial charge in [0, 0.05) is 38.3 Å². The first-order valence-corrected chi connectivity index (χ1v) is 8.06. The van der Waals surface area contributed by atoms with Crippen LogP contribution in [0.1, 0.15) is 12.5 Å². The highest BCUT2D eigenvalue weighted by molar-refractivity contribution is 5.85. The summed E-state index contributed by atoms with van der Waals surface area (Å²) in [7, 11) is 4.83. The summed E-state index contributed by atoms with van der Waals surface area (Å²) >= 11 is 0. The number of rotatable bonds is 6. The Labute approximate surface area is 167 Å². The van der Waals surface area contributed by atoms with E-state index in [1.165, 1.54) is 0 Å². The van der Waals surface area contributed by atoms with Crippen LogP contribution in [0, 0.1) is 0 Å². The van der Waals surface area contributed by atoms with E-state index >= 15 is 0 Å². The molecule has 0 unspecified atom stereocenters. The second kappa shape index (κ2) is 11.3. The van der Waals surface area contributed by atoms with Gasteiger partial charge in [-0.2, -0.15) is 0 Å². The topological polar surface area (TPSA) is 77.3 Å². The average Bonchev–Trinajstić information content (AvgIpc) is 2.61. The predicted molar refractivity (Wildman–Crippen MR) is 106 cm³/mol. The number of nitrogens with zero attached hydrogens (tertiary/aromatic N) is 2. The van der Waals surface area contributed by atoms with Crippen molar-refractivity contribution >= 4 is 30.7 Å². The fourth-order valence-electron chi connectivity index (χ4n) is 2.94. The highest BCUT2D eigenvalue weighted by Gasteiger charge is 2.24. The quantitative estimate of drug-likeness (QED) is 0.767. The average molecular weight is 410 g/mol. The van der Waals surface area contributed by atoms with E-state index in [1.54, 1.807) is 28.3 Å². The Balaban J connectivity index is 0.00000312. The lowest BCUT2D eigenvalue weighted by atomic mass is 10.1. The molecule has 1 atom stereocenters. The molecule has 9 heteroatoms. The summed E-state index contributed by atoms with van der Waals surface area (Å²) in [6.07, 6.45) is 0. The molecule has 2 rings (SSSR count). The Hall–Kier alpha value is -1.41. The summed E-state index contributed by atoms with van der Waals surface area (Å²) in [5, 5.41) is 0. The molecule has 1 amide bonds. The Bertz CT molecular complexity index is 579. The molecule has 0 saturated carbocycles. The van der Waals surface area contributed by atoms with E-state index in [-0.39, 0.29) is 30.7 Å². The predicted octanol–water partition coefficient (Wildman–Crippen LogP) is 1.55. The third-order valence-electron chi connectivity index (χ3n) is 4.25. The number of halogens is 2. The zero-order valence-corrected chi connectivity index (χ0v) is 17.3. The van der Waals surface area contributed by atoms with Gasteiger partial charge in [-0.3, -0.25) is 9.69 Å². The van der Waals surface area contributed by atoms with Gasteiger partial charge in [-0.1, -0.05) is 6.07 Å². The van der Waals surface area contributed by atoms with E-state index in [9.17, 15) is 4.79 Å². The Morgan fingerprint density at radius 2 is 1.62 bits per heavy atom.